The Morgan fingerprint density at radius 1 is 1.26 bits per heavy atom. The molecule has 0 aromatic carbocycles. The summed E-state index contributed by atoms with van der Waals surface area (Å²) in [5.41, 5.74) is 7.86. The van der Waals surface area contributed by atoms with Crippen molar-refractivity contribution < 1.29 is 24.5 Å². The molecule has 2 rings (SSSR count). The Labute approximate surface area is 213 Å². The van der Waals surface area contributed by atoms with E-state index in [-0.39, 0.29) is 18.1 Å². The third-order valence-corrected chi connectivity index (χ3v) is 7.91. The first kappa shape index (κ1) is 29.4. The third-order valence-electron chi connectivity index (χ3n) is 7.11. The van der Waals surface area contributed by atoms with E-state index in [1.54, 1.807) is 20.8 Å². The van der Waals surface area contributed by atoms with Gasteiger partial charge < -0.3 is 20.7 Å². The molecule has 0 aliphatic carbocycles. The summed E-state index contributed by atoms with van der Waals surface area (Å²) in [5, 5.41) is 24.5. The smallest absolute Gasteiger partial charge is 0.309 e. The van der Waals surface area contributed by atoms with Crippen molar-refractivity contribution in [3.8, 4) is 0 Å². The molecule has 1 aromatic heterocycles. The van der Waals surface area contributed by atoms with Crippen molar-refractivity contribution in [2.24, 2.45) is 23.0 Å². The van der Waals surface area contributed by atoms with Gasteiger partial charge in [0, 0.05) is 11.3 Å². The number of allylic oxidation sites excluding steroid dienone is 1. The van der Waals surface area contributed by atoms with Gasteiger partial charge in [-0.25, -0.2) is 4.98 Å². The molecule has 4 N–H and O–H groups in total. The molecule has 6 atom stereocenters. The van der Waals surface area contributed by atoms with Crippen LogP contribution in [0.1, 0.15) is 77.9 Å². The molecule has 7 nitrogen and oxygen atoms in total. The highest BCUT2D eigenvalue weighted by Crippen LogP contribution is 2.32. The van der Waals surface area contributed by atoms with E-state index in [0.29, 0.717) is 0 Å². The number of Topliss-reactive ketones (excluding diaryl/α,β-unsaturated/α-hetero) is 1. The van der Waals surface area contributed by atoms with Crippen molar-refractivity contribution in [3.05, 3.63) is 33.3 Å². The van der Waals surface area contributed by atoms with Gasteiger partial charge in [-0.15, -0.1) is 11.3 Å². The summed E-state index contributed by atoms with van der Waals surface area (Å²) >= 11 is 1.53. The molecule has 6 unspecified atom stereocenters. The van der Waals surface area contributed by atoms with E-state index >= 15 is 0 Å². The Morgan fingerprint density at radius 2 is 1.91 bits per heavy atom. The molecular weight excluding hydrogens is 464 g/mol. The fraction of sp³-hybridized carbons (Fsp3) is 0.667. The molecule has 1 aliphatic rings. The topological polar surface area (TPSA) is 123 Å². The summed E-state index contributed by atoms with van der Waals surface area (Å²) in [6, 6.07) is -0.586. The van der Waals surface area contributed by atoms with Gasteiger partial charge in [0.15, 0.2) is 0 Å². The van der Waals surface area contributed by atoms with Gasteiger partial charge in [-0.3, -0.25) is 9.59 Å². The molecule has 0 saturated heterocycles. The van der Waals surface area contributed by atoms with Gasteiger partial charge in [-0.1, -0.05) is 39.3 Å². The number of carbonyl (C=O) groups excluding carboxylic acids is 2. The number of rotatable bonds is 2. The molecule has 35 heavy (non-hydrogen) atoms. The van der Waals surface area contributed by atoms with Crippen molar-refractivity contribution in [2.45, 2.75) is 98.5 Å². The highest BCUT2D eigenvalue weighted by molar-refractivity contribution is 7.09. The number of nitrogens with two attached hydrogens (primary N) is 1. The molecule has 196 valence electrons. The van der Waals surface area contributed by atoms with Crippen LogP contribution < -0.4 is 5.73 Å². The maximum absolute atomic E-state index is 13.2. The number of ketones is 1. The van der Waals surface area contributed by atoms with E-state index in [9.17, 15) is 19.8 Å². The summed E-state index contributed by atoms with van der Waals surface area (Å²) in [6.07, 6.45) is 2.96. The van der Waals surface area contributed by atoms with Gasteiger partial charge in [0.05, 0.1) is 40.8 Å². The summed E-state index contributed by atoms with van der Waals surface area (Å²) in [6.45, 7) is 12.6. The normalized spacial score (nSPS) is 32.2. The zero-order chi connectivity index (χ0) is 26.5. The van der Waals surface area contributed by atoms with E-state index in [2.05, 4.69) is 4.98 Å². The summed E-state index contributed by atoms with van der Waals surface area (Å²) in [7, 11) is 0. The molecule has 0 radical (unpaired) electrons. The summed E-state index contributed by atoms with van der Waals surface area (Å²) in [4.78, 5) is 30.6. The van der Waals surface area contributed by atoms with Crippen molar-refractivity contribution in [1.29, 1.82) is 0 Å². The number of hydrogen-bond donors (Lipinski definition) is 3. The fourth-order valence-electron chi connectivity index (χ4n) is 4.61. The maximum Gasteiger partial charge on any atom is 0.309 e. The predicted octanol–water partition coefficient (Wildman–Crippen LogP) is 4.20. The van der Waals surface area contributed by atoms with Crippen LogP contribution in [0.15, 0.2) is 22.6 Å². The van der Waals surface area contributed by atoms with Crippen LogP contribution in [0.3, 0.4) is 0 Å². The number of aryl methyl sites for hydroxylation is 1. The Balaban J connectivity index is 2.40. The minimum Gasteiger partial charge on any atom is -0.456 e. The minimum atomic E-state index is -1.26. The van der Waals surface area contributed by atoms with Crippen LogP contribution in [0.2, 0.25) is 0 Å². The number of aromatic nitrogens is 1. The Hall–Kier alpha value is -1.87. The Bertz CT molecular complexity index is 951. The SMILES string of the molecule is CC1=CC(N)C(C(C)=Cc2csc(C)n2)OC(=O)CC(O)C(C)(C)C(=O)C(C)C(O)C(C)CCC1. The van der Waals surface area contributed by atoms with Crippen LogP contribution in [-0.2, 0) is 14.3 Å². The molecule has 8 heteroatoms. The minimum absolute atomic E-state index is 0.0827. The van der Waals surface area contributed by atoms with E-state index < -0.39 is 41.7 Å². The largest absolute Gasteiger partial charge is 0.456 e. The average molecular weight is 507 g/mol. The van der Waals surface area contributed by atoms with E-state index in [4.69, 9.17) is 10.5 Å². The van der Waals surface area contributed by atoms with Crippen LogP contribution in [0.25, 0.3) is 6.08 Å². The Morgan fingerprint density at radius 3 is 2.51 bits per heavy atom. The number of aliphatic hydroxyl groups excluding tert-OH is 2. The van der Waals surface area contributed by atoms with E-state index in [0.717, 1.165) is 41.1 Å². The molecule has 2 heterocycles. The first-order valence-corrected chi connectivity index (χ1v) is 13.2. The monoisotopic (exact) mass is 506 g/mol. The van der Waals surface area contributed by atoms with Gasteiger partial charge in [0.25, 0.3) is 0 Å². The number of hydrogen-bond acceptors (Lipinski definition) is 8. The van der Waals surface area contributed by atoms with Gasteiger partial charge in [-0.2, -0.15) is 0 Å². The molecule has 0 spiro atoms. The number of cyclic esters (lactones) is 1. The second-order valence-corrected chi connectivity index (χ2v) is 11.7. The third kappa shape index (κ3) is 7.81. The predicted molar refractivity (Wildman–Crippen MR) is 140 cm³/mol. The number of aliphatic hydroxyl groups is 2. The number of thiazole rings is 1. The average Bonchev–Trinajstić information content (AvgIpc) is 3.19. The molecule has 1 aliphatic heterocycles. The lowest BCUT2D eigenvalue weighted by atomic mass is 9.73. The lowest BCUT2D eigenvalue weighted by Crippen LogP contribution is -2.46. The van der Waals surface area contributed by atoms with Gasteiger partial charge in [0.1, 0.15) is 11.9 Å². The number of carbonyl (C=O) groups is 2. The first-order valence-electron chi connectivity index (χ1n) is 12.4. The molecular formula is C27H42N2O5S. The fourth-order valence-corrected chi connectivity index (χ4v) is 5.18. The molecule has 0 fully saturated rings. The summed E-state index contributed by atoms with van der Waals surface area (Å²) < 4.78 is 5.79. The highest BCUT2D eigenvalue weighted by Gasteiger charge is 2.42. The number of nitrogens with zero attached hydrogens (tertiary/aromatic N) is 1. The number of esters is 1. The van der Waals surface area contributed by atoms with Gasteiger partial charge >= 0.3 is 5.97 Å². The van der Waals surface area contributed by atoms with Gasteiger partial charge in [-0.05, 0) is 57.6 Å². The van der Waals surface area contributed by atoms with Crippen LogP contribution in [0.4, 0.5) is 0 Å². The standard InChI is InChI=1S/C27H42N2O5S/c1-15-9-8-10-16(2)24(32)18(4)26(33)27(6,7)22(30)13-23(31)34-25(21(28)11-15)17(3)12-20-14-35-19(5)29-20/h11-12,14,16,18,21-22,24-25,30,32H,8-10,13,28H2,1-7H3. The van der Waals surface area contributed by atoms with Crippen molar-refractivity contribution >= 4 is 29.2 Å². The molecule has 0 bridgehead atoms. The van der Waals surface area contributed by atoms with Crippen molar-refractivity contribution in [3.63, 3.8) is 0 Å². The maximum atomic E-state index is 13.2. The van der Waals surface area contributed by atoms with E-state index in [1.807, 2.05) is 45.2 Å². The lowest BCUT2D eigenvalue weighted by Gasteiger charge is -2.34. The molecule has 0 saturated carbocycles. The second-order valence-electron chi connectivity index (χ2n) is 10.6. The molecule has 0 amide bonds. The number of ether oxygens (including phenoxy) is 1. The van der Waals surface area contributed by atoms with Crippen LogP contribution in [0.5, 0.6) is 0 Å². The molecule has 1 aromatic rings. The first-order chi connectivity index (χ1) is 16.2. The van der Waals surface area contributed by atoms with Crippen molar-refractivity contribution in [1.82, 2.24) is 4.98 Å². The van der Waals surface area contributed by atoms with Crippen LogP contribution in [-0.4, -0.2) is 51.3 Å². The van der Waals surface area contributed by atoms with Crippen LogP contribution in [0, 0.1) is 24.2 Å². The second kappa shape index (κ2) is 12.4. The van der Waals surface area contributed by atoms with Crippen molar-refractivity contribution in [2.75, 3.05) is 0 Å². The lowest BCUT2D eigenvalue weighted by molar-refractivity contribution is -0.154. The van der Waals surface area contributed by atoms with E-state index in [1.165, 1.54) is 11.3 Å². The quantitative estimate of drug-likeness (QED) is 0.406. The van der Waals surface area contributed by atoms with Gasteiger partial charge in [0.2, 0.25) is 0 Å². The highest BCUT2D eigenvalue weighted by atomic mass is 32.1. The zero-order valence-corrected chi connectivity index (χ0v) is 22.9. The van der Waals surface area contributed by atoms with Crippen LogP contribution >= 0.6 is 11.3 Å². The summed E-state index contributed by atoms with van der Waals surface area (Å²) in [5.74, 6) is -1.66. The Kier molecular flexibility index (Phi) is 10.4. The zero-order valence-electron chi connectivity index (χ0n) is 22.1.